The summed E-state index contributed by atoms with van der Waals surface area (Å²) in [5.74, 6) is -0.636. The van der Waals surface area contributed by atoms with E-state index in [0.29, 0.717) is 5.69 Å². The van der Waals surface area contributed by atoms with Crippen LogP contribution in [0.15, 0.2) is 60.1 Å². The molecule has 0 aliphatic rings. The molecule has 3 aromatic rings. The van der Waals surface area contributed by atoms with Crippen molar-refractivity contribution in [1.29, 1.82) is 0 Å². The van der Waals surface area contributed by atoms with Gasteiger partial charge in [0.2, 0.25) is 0 Å². The van der Waals surface area contributed by atoms with Gasteiger partial charge in [0.1, 0.15) is 0 Å². The predicted molar refractivity (Wildman–Crippen MR) is 86.9 cm³/mol. The molecular formula is C17H11F3N2OS. The molecule has 0 aliphatic heterocycles. The van der Waals surface area contributed by atoms with E-state index in [0.717, 1.165) is 10.9 Å². The third kappa shape index (κ3) is 3.30. The number of thiophene rings is 1. The molecule has 1 amide bonds. The first-order valence-electron chi connectivity index (χ1n) is 6.93. The van der Waals surface area contributed by atoms with Crippen LogP contribution in [0.25, 0.3) is 10.6 Å². The molecule has 0 aliphatic carbocycles. The van der Waals surface area contributed by atoms with Crippen LogP contribution in [0.2, 0.25) is 0 Å². The number of nitrogens with one attached hydrogen (secondary N) is 1. The molecule has 7 heteroatoms. The fraction of sp³-hybridized carbons (Fsp3) is 0.0588. The highest BCUT2D eigenvalue weighted by atomic mass is 32.1. The van der Waals surface area contributed by atoms with Crippen molar-refractivity contribution in [3.05, 3.63) is 71.2 Å². The van der Waals surface area contributed by atoms with Crippen LogP contribution in [-0.2, 0) is 6.18 Å². The van der Waals surface area contributed by atoms with Crippen molar-refractivity contribution in [3.63, 3.8) is 0 Å². The Balaban J connectivity index is 1.96. The Kier molecular flexibility index (Phi) is 4.35. The number of carbonyl (C=O) groups excluding carboxylic acids is 1. The molecule has 0 atom stereocenters. The molecule has 2 heterocycles. The van der Waals surface area contributed by atoms with Gasteiger partial charge in [-0.3, -0.25) is 9.78 Å². The van der Waals surface area contributed by atoms with Crippen molar-refractivity contribution < 1.29 is 18.0 Å². The van der Waals surface area contributed by atoms with Gasteiger partial charge in [0.25, 0.3) is 5.91 Å². The van der Waals surface area contributed by atoms with E-state index < -0.39 is 17.6 Å². The van der Waals surface area contributed by atoms with Gasteiger partial charge >= 0.3 is 6.18 Å². The Morgan fingerprint density at radius 3 is 2.54 bits per heavy atom. The molecule has 0 bridgehead atoms. The van der Waals surface area contributed by atoms with Gasteiger partial charge in [-0.25, -0.2) is 0 Å². The SMILES string of the molecule is O=C(Nc1ccccc1C(F)(F)F)c1cccnc1-c1cccs1. The molecule has 3 rings (SSSR count). The van der Waals surface area contributed by atoms with E-state index in [1.165, 1.54) is 41.8 Å². The van der Waals surface area contributed by atoms with Crippen LogP contribution in [-0.4, -0.2) is 10.9 Å². The number of alkyl halides is 3. The average Bonchev–Trinajstić information content (AvgIpc) is 3.08. The third-order valence-electron chi connectivity index (χ3n) is 3.29. The van der Waals surface area contributed by atoms with Crippen LogP contribution in [0.1, 0.15) is 15.9 Å². The molecule has 3 nitrogen and oxygen atoms in total. The number of nitrogens with zero attached hydrogens (tertiary/aromatic N) is 1. The number of hydrogen-bond acceptors (Lipinski definition) is 3. The van der Waals surface area contributed by atoms with Crippen LogP contribution in [0.5, 0.6) is 0 Å². The number of benzene rings is 1. The zero-order valence-corrected chi connectivity index (χ0v) is 13.0. The number of amides is 1. The second-order valence-corrected chi connectivity index (χ2v) is 5.82. The monoisotopic (exact) mass is 348 g/mol. The van der Waals surface area contributed by atoms with Crippen molar-refractivity contribution in [2.45, 2.75) is 6.18 Å². The number of para-hydroxylation sites is 1. The molecule has 2 aromatic heterocycles. The molecular weight excluding hydrogens is 337 g/mol. The molecule has 1 N–H and O–H groups in total. The van der Waals surface area contributed by atoms with E-state index in [1.807, 2.05) is 11.4 Å². The molecule has 0 radical (unpaired) electrons. The van der Waals surface area contributed by atoms with Crippen molar-refractivity contribution in [1.82, 2.24) is 4.98 Å². The molecule has 0 saturated carbocycles. The van der Waals surface area contributed by atoms with Crippen molar-refractivity contribution in [2.24, 2.45) is 0 Å². The quantitative estimate of drug-likeness (QED) is 0.717. The number of anilines is 1. The Morgan fingerprint density at radius 1 is 1.04 bits per heavy atom. The van der Waals surface area contributed by atoms with Gasteiger partial charge in [-0.2, -0.15) is 13.2 Å². The van der Waals surface area contributed by atoms with Crippen LogP contribution < -0.4 is 5.32 Å². The van der Waals surface area contributed by atoms with Gasteiger partial charge < -0.3 is 5.32 Å². The highest BCUT2D eigenvalue weighted by Gasteiger charge is 2.33. The third-order valence-corrected chi connectivity index (χ3v) is 4.16. The van der Waals surface area contributed by atoms with Gasteiger partial charge in [0.05, 0.1) is 27.4 Å². The number of rotatable bonds is 3. The first kappa shape index (κ1) is 16.2. The fourth-order valence-corrected chi connectivity index (χ4v) is 2.96. The minimum atomic E-state index is -4.55. The summed E-state index contributed by atoms with van der Waals surface area (Å²) in [5, 5.41) is 4.18. The molecule has 122 valence electrons. The predicted octanol–water partition coefficient (Wildman–Crippen LogP) is 5.08. The standard InChI is InChI=1S/C17H11F3N2OS/c18-17(19,20)12-6-1-2-7-13(12)22-16(23)11-5-3-9-21-15(11)14-8-4-10-24-14/h1-10H,(H,22,23). The second-order valence-electron chi connectivity index (χ2n) is 4.87. The van der Waals surface area contributed by atoms with Crippen LogP contribution in [0, 0.1) is 0 Å². The molecule has 24 heavy (non-hydrogen) atoms. The summed E-state index contributed by atoms with van der Waals surface area (Å²) in [6.07, 6.45) is -3.01. The summed E-state index contributed by atoms with van der Waals surface area (Å²) in [5.41, 5.74) is -0.512. The van der Waals surface area contributed by atoms with Gasteiger partial charge in [-0.15, -0.1) is 11.3 Å². The lowest BCUT2D eigenvalue weighted by Crippen LogP contribution is -2.17. The summed E-state index contributed by atoms with van der Waals surface area (Å²) in [6, 6.07) is 11.6. The normalized spacial score (nSPS) is 11.3. The first-order valence-corrected chi connectivity index (χ1v) is 7.81. The highest BCUT2D eigenvalue weighted by molar-refractivity contribution is 7.13. The van der Waals surface area contributed by atoms with Crippen LogP contribution >= 0.6 is 11.3 Å². The lowest BCUT2D eigenvalue weighted by atomic mass is 10.1. The molecule has 0 saturated heterocycles. The Labute approximate surface area is 139 Å². The zero-order valence-electron chi connectivity index (χ0n) is 12.2. The first-order chi connectivity index (χ1) is 11.5. The maximum Gasteiger partial charge on any atom is 0.418 e. The van der Waals surface area contributed by atoms with Gasteiger partial charge in [-0.1, -0.05) is 18.2 Å². The second kappa shape index (κ2) is 6.45. The lowest BCUT2D eigenvalue weighted by molar-refractivity contribution is -0.136. The molecule has 0 fully saturated rings. The van der Waals surface area contributed by atoms with Crippen LogP contribution in [0.4, 0.5) is 18.9 Å². The largest absolute Gasteiger partial charge is 0.418 e. The van der Waals surface area contributed by atoms with Gasteiger partial charge in [0, 0.05) is 6.20 Å². The van der Waals surface area contributed by atoms with Gasteiger partial charge in [-0.05, 0) is 35.7 Å². The van der Waals surface area contributed by atoms with Gasteiger partial charge in [0.15, 0.2) is 0 Å². The summed E-state index contributed by atoms with van der Waals surface area (Å²) in [7, 11) is 0. The summed E-state index contributed by atoms with van der Waals surface area (Å²) >= 11 is 1.40. The molecule has 1 aromatic carbocycles. The van der Waals surface area contributed by atoms with E-state index in [9.17, 15) is 18.0 Å². The van der Waals surface area contributed by atoms with E-state index >= 15 is 0 Å². The lowest BCUT2D eigenvalue weighted by Gasteiger charge is -2.14. The minimum absolute atomic E-state index is 0.219. The minimum Gasteiger partial charge on any atom is -0.321 e. The number of aromatic nitrogens is 1. The number of pyridine rings is 1. The van der Waals surface area contributed by atoms with Crippen molar-refractivity contribution in [3.8, 4) is 10.6 Å². The summed E-state index contributed by atoms with van der Waals surface area (Å²) in [6.45, 7) is 0. The Morgan fingerprint density at radius 2 is 1.83 bits per heavy atom. The summed E-state index contributed by atoms with van der Waals surface area (Å²) < 4.78 is 39.1. The van der Waals surface area contributed by atoms with E-state index in [2.05, 4.69) is 10.3 Å². The fourth-order valence-electron chi connectivity index (χ4n) is 2.23. The summed E-state index contributed by atoms with van der Waals surface area (Å²) in [4.78, 5) is 17.4. The topological polar surface area (TPSA) is 42.0 Å². The smallest absolute Gasteiger partial charge is 0.321 e. The Hall–Kier alpha value is -2.67. The van der Waals surface area contributed by atoms with E-state index in [-0.39, 0.29) is 11.3 Å². The Bertz CT molecular complexity index is 860. The average molecular weight is 348 g/mol. The number of hydrogen-bond donors (Lipinski definition) is 1. The van der Waals surface area contributed by atoms with E-state index in [4.69, 9.17) is 0 Å². The number of carbonyl (C=O) groups is 1. The van der Waals surface area contributed by atoms with E-state index in [1.54, 1.807) is 12.1 Å². The maximum atomic E-state index is 13.0. The zero-order chi connectivity index (χ0) is 17.2. The van der Waals surface area contributed by atoms with Crippen LogP contribution in [0.3, 0.4) is 0 Å². The van der Waals surface area contributed by atoms with Crippen molar-refractivity contribution >= 4 is 22.9 Å². The molecule has 0 spiro atoms. The maximum absolute atomic E-state index is 13.0. The molecule has 0 unspecified atom stereocenters. The number of halogens is 3. The van der Waals surface area contributed by atoms with Crippen molar-refractivity contribution in [2.75, 3.05) is 5.32 Å². The highest BCUT2D eigenvalue weighted by Crippen LogP contribution is 2.35.